The first-order valence-electron chi connectivity index (χ1n) is 5.55. The van der Waals surface area contributed by atoms with Crippen LogP contribution in [0.3, 0.4) is 0 Å². The Morgan fingerprint density at radius 2 is 1.88 bits per heavy atom. The van der Waals surface area contributed by atoms with E-state index in [9.17, 15) is 0 Å². The lowest BCUT2D eigenvalue weighted by Crippen LogP contribution is -1.90. The minimum atomic E-state index is 0.894. The van der Waals surface area contributed by atoms with Gasteiger partial charge in [0.05, 0.1) is 7.11 Å². The molecule has 0 aromatic heterocycles. The van der Waals surface area contributed by atoms with E-state index in [2.05, 4.69) is 47.1 Å². The quantitative estimate of drug-likeness (QED) is 0.753. The van der Waals surface area contributed by atoms with Crippen LogP contribution in [0.4, 0.5) is 0 Å². The maximum absolute atomic E-state index is 5.39. The molecule has 0 amide bonds. The Hall–Kier alpha value is -1.28. The fourth-order valence-electron chi connectivity index (χ4n) is 1.90. The second kappa shape index (κ2) is 5.37. The highest BCUT2D eigenvalue weighted by molar-refractivity contribution is 9.08. The molecule has 0 atom stereocenters. The molecule has 0 bridgehead atoms. The molecule has 0 aliphatic heterocycles. The van der Waals surface area contributed by atoms with Gasteiger partial charge in [-0.05, 0) is 29.7 Å². The van der Waals surface area contributed by atoms with Crippen molar-refractivity contribution in [3.8, 4) is 16.9 Å². The molecule has 0 unspecified atom stereocenters. The molecule has 2 aromatic carbocycles. The van der Waals surface area contributed by atoms with Gasteiger partial charge in [-0.3, -0.25) is 0 Å². The van der Waals surface area contributed by atoms with Crippen LogP contribution >= 0.6 is 15.9 Å². The summed E-state index contributed by atoms with van der Waals surface area (Å²) in [5.74, 6) is 0.915. The fraction of sp³-hybridized carbons (Fsp3) is 0.200. The smallest absolute Gasteiger partial charge is 0.126 e. The largest absolute Gasteiger partial charge is 0.496 e. The lowest BCUT2D eigenvalue weighted by atomic mass is 10.00. The van der Waals surface area contributed by atoms with Gasteiger partial charge in [0.25, 0.3) is 0 Å². The second-order valence-electron chi connectivity index (χ2n) is 3.98. The van der Waals surface area contributed by atoms with E-state index in [1.54, 1.807) is 7.11 Å². The molecular weight excluding hydrogens is 276 g/mol. The molecule has 0 aliphatic rings. The summed E-state index contributed by atoms with van der Waals surface area (Å²) in [6, 6.07) is 14.6. The number of rotatable bonds is 3. The molecule has 0 radical (unpaired) electrons. The highest BCUT2D eigenvalue weighted by Crippen LogP contribution is 2.30. The average molecular weight is 291 g/mol. The third-order valence-corrected chi connectivity index (χ3v) is 3.51. The first kappa shape index (κ1) is 12.2. The zero-order chi connectivity index (χ0) is 12.3. The van der Waals surface area contributed by atoms with Gasteiger partial charge in [0, 0.05) is 10.9 Å². The standard InChI is InChI=1S/C15H15BrO/c1-11-9-12(7-8-13(11)10-16)14-5-3-4-6-15(14)17-2/h3-9H,10H2,1-2H3. The fourth-order valence-corrected chi connectivity index (χ4v) is 2.53. The SMILES string of the molecule is COc1ccccc1-c1ccc(CBr)c(C)c1. The maximum Gasteiger partial charge on any atom is 0.126 e. The van der Waals surface area contributed by atoms with E-state index < -0.39 is 0 Å². The molecule has 0 saturated carbocycles. The first-order valence-corrected chi connectivity index (χ1v) is 6.67. The Balaban J connectivity index is 2.49. The lowest BCUT2D eigenvalue weighted by molar-refractivity contribution is 0.416. The van der Waals surface area contributed by atoms with Crippen LogP contribution in [0.5, 0.6) is 5.75 Å². The summed E-state index contributed by atoms with van der Waals surface area (Å²) in [5, 5.41) is 0.894. The van der Waals surface area contributed by atoms with Crippen LogP contribution < -0.4 is 4.74 Å². The number of ether oxygens (including phenoxy) is 1. The summed E-state index contributed by atoms with van der Waals surface area (Å²) in [6.45, 7) is 2.13. The molecule has 2 rings (SSSR count). The van der Waals surface area contributed by atoms with Crippen molar-refractivity contribution in [2.45, 2.75) is 12.3 Å². The predicted molar refractivity (Wildman–Crippen MR) is 75.8 cm³/mol. The van der Waals surface area contributed by atoms with Gasteiger partial charge in [-0.2, -0.15) is 0 Å². The van der Waals surface area contributed by atoms with Crippen molar-refractivity contribution < 1.29 is 4.74 Å². The van der Waals surface area contributed by atoms with Crippen LogP contribution in [0.2, 0.25) is 0 Å². The topological polar surface area (TPSA) is 9.23 Å². The van der Waals surface area contributed by atoms with Gasteiger partial charge >= 0.3 is 0 Å². The zero-order valence-corrected chi connectivity index (χ0v) is 11.6. The van der Waals surface area contributed by atoms with E-state index in [0.29, 0.717) is 0 Å². The number of hydrogen-bond acceptors (Lipinski definition) is 1. The van der Waals surface area contributed by atoms with E-state index in [1.165, 1.54) is 16.7 Å². The summed E-state index contributed by atoms with van der Waals surface area (Å²) in [5.41, 5.74) is 4.96. The predicted octanol–water partition coefficient (Wildman–Crippen LogP) is 4.57. The van der Waals surface area contributed by atoms with Gasteiger partial charge in [-0.1, -0.05) is 52.3 Å². The number of halogens is 1. The Bertz CT molecular complexity index is 520. The van der Waals surface area contributed by atoms with Crippen LogP contribution in [0.1, 0.15) is 11.1 Å². The van der Waals surface area contributed by atoms with Gasteiger partial charge in [-0.25, -0.2) is 0 Å². The van der Waals surface area contributed by atoms with E-state index in [1.807, 2.05) is 18.2 Å². The van der Waals surface area contributed by atoms with Crippen LogP contribution in [0, 0.1) is 6.92 Å². The summed E-state index contributed by atoms with van der Waals surface area (Å²) < 4.78 is 5.39. The number of hydrogen-bond donors (Lipinski definition) is 0. The van der Waals surface area contributed by atoms with Gasteiger partial charge < -0.3 is 4.74 Å². The van der Waals surface area contributed by atoms with Gasteiger partial charge in [-0.15, -0.1) is 0 Å². The van der Waals surface area contributed by atoms with E-state index in [-0.39, 0.29) is 0 Å². The van der Waals surface area contributed by atoms with E-state index >= 15 is 0 Å². The average Bonchev–Trinajstić information content (AvgIpc) is 2.38. The Labute approximate surface area is 111 Å². The lowest BCUT2D eigenvalue weighted by Gasteiger charge is -2.10. The zero-order valence-electron chi connectivity index (χ0n) is 10.0. The molecule has 2 aromatic rings. The molecule has 0 heterocycles. The Morgan fingerprint density at radius 1 is 1.12 bits per heavy atom. The number of benzene rings is 2. The van der Waals surface area contributed by atoms with Crippen molar-refractivity contribution in [2.75, 3.05) is 7.11 Å². The van der Waals surface area contributed by atoms with Crippen LogP contribution in [0.25, 0.3) is 11.1 Å². The van der Waals surface area contributed by atoms with Crippen molar-refractivity contribution in [1.82, 2.24) is 0 Å². The minimum Gasteiger partial charge on any atom is -0.496 e. The van der Waals surface area contributed by atoms with E-state index in [0.717, 1.165) is 16.6 Å². The second-order valence-corrected chi connectivity index (χ2v) is 4.54. The third-order valence-electron chi connectivity index (χ3n) is 2.90. The normalized spacial score (nSPS) is 10.3. The van der Waals surface area contributed by atoms with Crippen molar-refractivity contribution in [1.29, 1.82) is 0 Å². The van der Waals surface area contributed by atoms with Crippen LogP contribution in [-0.4, -0.2) is 7.11 Å². The summed E-state index contributed by atoms with van der Waals surface area (Å²) >= 11 is 3.49. The number of alkyl halides is 1. The highest BCUT2D eigenvalue weighted by Gasteiger charge is 2.06. The molecule has 0 spiro atoms. The molecule has 0 saturated heterocycles. The van der Waals surface area contributed by atoms with Crippen molar-refractivity contribution >= 4 is 15.9 Å². The molecular formula is C15H15BrO. The molecule has 0 N–H and O–H groups in total. The Morgan fingerprint density at radius 3 is 2.53 bits per heavy atom. The summed E-state index contributed by atoms with van der Waals surface area (Å²) in [6.07, 6.45) is 0. The van der Waals surface area contributed by atoms with Gasteiger partial charge in [0.2, 0.25) is 0 Å². The molecule has 88 valence electrons. The molecule has 0 fully saturated rings. The monoisotopic (exact) mass is 290 g/mol. The molecule has 1 nitrogen and oxygen atoms in total. The van der Waals surface area contributed by atoms with Crippen molar-refractivity contribution in [2.24, 2.45) is 0 Å². The maximum atomic E-state index is 5.39. The minimum absolute atomic E-state index is 0.894. The van der Waals surface area contributed by atoms with Gasteiger partial charge in [0.15, 0.2) is 0 Å². The van der Waals surface area contributed by atoms with Crippen molar-refractivity contribution in [3.63, 3.8) is 0 Å². The highest BCUT2D eigenvalue weighted by atomic mass is 79.9. The van der Waals surface area contributed by atoms with Crippen molar-refractivity contribution in [3.05, 3.63) is 53.6 Å². The first-order chi connectivity index (χ1) is 8.26. The number of aryl methyl sites for hydroxylation is 1. The number of para-hydroxylation sites is 1. The van der Waals surface area contributed by atoms with Crippen LogP contribution in [-0.2, 0) is 5.33 Å². The summed E-state index contributed by atoms with van der Waals surface area (Å²) in [7, 11) is 1.71. The van der Waals surface area contributed by atoms with Gasteiger partial charge in [0.1, 0.15) is 5.75 Å². The molecule has 2 heteroatoms. The summed E-state index contributed by atoms with van der Waals surface area (Å²) in [4.78, 5) is 0. The van der Waals surface area contributed by atoms with E-state index in [4.69, 9.17) is 4.74 Å². The molecule has 17 heavy (non-hydrogen) atoms. The Kier molecular flexibility index (Phi) is 3.85. The molecule has 0 aliphatic carbocycles. The van der Waals surface area contributed by atoms with Crippen LogP contribution in [0.15, 0.2) is 42.5 Å². The third kappa shape index (κ3) is 2.52. The number of methoxy groups -OCH3 is 1.